The minimum absolute atomic E-state index is 0.659. The molecular weight excluding hydrogens is 306 g/mol. The van der Waals surface area contributed by atoms with Gasteiger partial charge in [0.15, 0.2) is 0 Å². The molecule has 0 aliphatic rings. The Balaban J connectivity index is 2.43. The highest BCUT2D eigenvalue weighted by Crippen LogP contribution is 2.15. The van der Waals surface area contributed by atoms with Crippen molar-refractivity contribution in [3.8, 4) is 0 Å². The van der Waals surface area contributed by atoms with Crippen LogP contribution in [0.4, 0.5) is 4.79 Å². The third kappa shape index (κ3) is 3.66. The number of primary amides is 1. The maximum atomic E-state index is 10.8. The topological polar surface area (TPSA) is 67.5 Å². The Bertz CT molecular complexity index is 594. The summed E-state index contributed by atoms with van der Waals surface area (Å²) in [6, 6.07) is 16.6. The number of hydrogen-bond acceptors (Lipinski definition) is 2. The van der Waals surface area contributed by atoms with E-state index in [2.05, 4.69) is 26.5 Å². The SMILES string of the molecule is NC(=O)NN=C(c1ccccc1)c1ccc(Br)cc1. The zero-order chi connectivity index (χ0) is 13.7. The van der Waals surface area contributed by atoms with Crippen LogP contribution in [0.5, 0.6) is 0 Å². The predicted octanol–water partition coefficient (Wildman–Crippen LogP) is 2.87. The molecule has 4 nitrogen and oxygen atoms in total. The quantitative estimate of drug-likeness (QED) is 0.663. The maximum Gasteiger partial charge on any atom is 0.332 e. The second-order valence-electron chi connectivity index (χ2n) is 3.81. The van der Waals surface area contributed by atoms with Crippen LogP contribution in [0.3, 0.4) is 0 Å². The van der Waals surface area contributed by atoms with Crippen LogP contribution in [0.15, 0.2) is 64.2 Å². The van der Waals surface area contributed by atoms with E-state index in [0.29, 0.717) is 5.71 Å². The normalized spacial score (nSPS) is 11.1. The number of amides is 2. The molecule has 0 bridgehead atoms. The van der Waals surface area contributed by atoms with Gasteiger partial charge in [0.25, 0.3) is 0 Å². The van der Waals surface area contributed by atoms with Gasteiger partial charge in [0.1, 0.15) is 0 Å². The molecule has 0 fully saturated rings. The number of hydrazone groups is 1. The molecule has 0 saturated heterocycles. The van der Waals surface area contributed by atoms with Gasteiger partial charge < -0.3 is 5.73 Å². The maximum absolute atomic E-state index is 10.8. The van der Waals surface area contributed by atoms with E-state index in [9.17, 15) is 4.79 Å². The van der Waals surface area contributed by atoms with E-state index in [0.717, 1.165) is 15.6 Å². The van der Waals surface area contributed by atoms with Gasteiger partial charge in [-0.3, -0.25) is 0 Å². The van der Waals surface area contributed by atoms with Gasteiger partial charge >= 0.3 is 6.03 Å². The lowest BCUT2D eigenvalue weighted by atomic mass is 10.0. The standard InChI is InChI=1S/C14H12BrN3O/c15-12-8-6-11(7-9-12)13(17-18-14(16)19)10-4-2-1-3-5-10/h1-9H,(H3,16,18,19). The summed E-state index contributed by atoms with van der Waals surface area (Å²) in [5.74, 6) is 0. The number of nitrogens with zero attached hydrogens (tertiary/aromatic N) is 1. The lowest BCUT2D eigenvalue weighted by molar-refractivity contribution is 0.249. The molecule has 3 N–H and O–H groups in total. The van der Waals surface area contributed by atoms with E-state index in [4.69, 9.17) is 5.73 Å². The van der Waals surface area contributed by atoms with Crippen LogP contribution in [0, 0.1) is 0 Å². The summed E-state index contributed by atoms with van der Waals surface area (Å²) in [7, 11) is 0. The van der Waals surface area contributed by atoms with Gasteiger partial charge in [-0.2, -0.15) is 5.10 Å². The van der Waals surface area contributed by atoms with Crippen molar-refractivity contribution in [2.24, 2.45) is 10.8 Å². The number of halogens is 1. The molecule has 0 heterocycles. The highest BCUT2D eigenvalue weighted by atomic mass is 79.9. The Labute approximate surface area is 119 Å². The number of hydrogen-bond donors (Lipinski definition) is 2. The van der Waals surface area contributed by atoms with E-state index >= 15 is 0 Å². The summed E-state index contributed by atoms with van der Waals surface area (Å²) >= 11 is 3.38. The molecule has 5 heteroatoms. The second kappa shape index (κ2) is 6.15. The summed E-state index contributed by atoms with van der Waals surface area (Å²) in [6.07, 6.45) is 0. The minimum atomic E-state index is -0.689. The third-order valence-corrected chi connectivity index (χ3v) is 2.97. The molecule has 19 heavy (non-hydrogen) atoms. The van der Waals surface area contributed by atoms with E-state index < -0.39 is 6.03 Å². The lowest BCUT2D eigenvalue weighted by Crippen LogP contribution is -2.26. The van der Waals surface area contributed by atoms with Gasteiger partial charge in [0.2, 0.25) is 0 Å². The summed E-state index contributed by atoms with van der Waals surface area (Å²) < 4.78 is 0.978. The molecular formula is C14H12BrN3O. The van der Waals surface area contributed by atoms with Crippen molar-refractivity contribution >= 4 is 27.7 Å². The molecule has 0 aromatic heterocycles. The van der Waals surface area contributed by atoms with Crippen LogP contribution in [0.1, 0.15) is 11.1 Å². The summed E-state index contributed by atoms with van der Waals surface area (Å²) in [5, 5.41) is 4.07. The zero-order valence-electron chi connectivity index (χ0n) is 10.0. The van der Waals surface area contributed by atoms with E-state index in [1.165, 1.54) is 0 Å². The molecule has 2 aromatic carbocycles. The van der Waals surface area contributed by atoms with Crippen LogP contribution in [-0.2, 0) is 0 Å². The molecule has 96 valence electrons. The first-order chi connectivity index (χ1) is 9.16. The molecule has 0 atom stereocenters. The summed E-state index contributed by atoms with van der Waals surface area (Å²) in [4.78, 5) is 10.8. The first kappa shape index (κ1) is 13.3. The average molecular weight is 318 g/mol. The summed E-state index contributed by atoms with van der Waals surface area (Å²) in [6.45, 7) is 0. The molecule has 2 aromatic rings. The largest absolute Gasteiger partial charge is 0.350 e. The number of nitrogens with two attached hydrogens (primary N) is 1. The number of carbonyl (C=O) groups is 1. The Morgan fingerprint density at radius 1 is 1.00 bits per heavy atom. The van der Waals surface area contributed by atoms with Gasteiger partial charge in [-0.05, 0) is 12.1 Å². The van der Waals surface area contributed by atoms with Gasteiger partial charge in [-0.15, -0.1) is 0 Å². The molecule has 0 radical (unpaired) electrons. The van der Waals surface area contributed by atoms with Gasteiger partial charge in [-0.1, -0.05) is 58.4 Å². The average Bonchev–Trinajstić information content (AvgIpc) is 2.42. The van der Waals surface area contributed by atoms with Gasteiger partial charge in [-0.25, -0.2) is 10.2 Å². The van der Waals surface area contributed by atoms with Crippen LogP contribution in [0.25, 0.3) is 0 Å². The number of benzene rings is 2. The van der Waals surface area contributed by atoms with Crippen molar-refractivity contribution in [3.05, 3.63) is 70.2 Å². The fourth-order valence-corrected chi connectivity index (χ4v) is 1.87. The first-order valence-electron chi connectivity index (χ1n) is 5.61. The first-order valence-corrected chi connectivity index (χ1v) is 6.40. The van der Waals surface area contributed by atoms with Crippen LogP contribution >= 0.6 is 15.9 Å². The highest BCUT2D eigenvalue weighted by Gasteiger charge is 2.07. The van der Waals surface area contributed by atoms with Gasteiger partial charge in [0.05, 0.1) is 5.71 Å². The minimum Gasteiger partial charge on any atom is -0.350 e. The van der Waals surface area contributed by atoms with E-state index in [1.54, 1.807) is 0 Å². The third-order valence-electron chi connectivity index (χ3n) is 2.44. The smallest absolute Gasteiger partial charge is 0.332 e. The van der Waals surface area contributed by atoms with Crippen LogP contribution in [-0.4, -0.2) is 11.7 Å². The fraction of sp³-hybridized carbons (Fsp3) is 0. The molecule has 0 aliphatic heterocycles. The van der Waals surface area contributed by atoms with Gasteiger partial charge in [0, 0.05) is 15.6 Å². The molecule has 2 amide bonds. The Morgan fingerprint density at radius 3 is 2.16 bits per heavy atom. The number of urea groups is 1. The molecule has 0 aliphatic carbocycles. The van der Waals surface area contributed by atoms with Crippen molar-refractivity contribution < 1.29 is 4.79 Å². The van der Waals surface area contributed by atoms with Crippen molar-refractivity contribution in [2.45, 2.75) is 0 Å². The van der Waals surface area contributed by atoms with E-state index in [1.807, 2.05) is 54.6 Å². The van der Waals surface area contributed by atoms with Crippen molar-refractivity contribution in [2.75, 3.05) is 0 Å². The highest BCUT2D eigenvalue weighted by molar-refractivity contribution is 9.10. The molecule has 2 rings (SSSR count). The number of carbonyl (C=O) groups excluding carboxylic acids is 1. The molecule has 0 spiro atoms. The van der Waals surface area contributed by atoms with Crippen LogP contribution < -0.4 is 11.2 Å². The lowest BCUT2D eigenvalue weighted by Gasteiger charge is -2.07. The molecule has 0 saturated carbocycles. The Morgan fingerprint density at radius 2 is 1.58 bits per heavy atom. The predicted molar refractivity (Wildman–Crippen MR) is 78.9 cm³/mol. The summed E-state index contributed by atoms with van der Waals surface area (Å²) in [5.41, 5.74) is 9.78. The van der Waals surface area contributed by atoms with Crippen molar-refractivity contribution in [1.82, 2.24) is 5.43 Å². The Kier molecular flexibility index (Phi) is 4.30. The Hall–Kier alpha value is -2.14. The zero-order valence-corrected chi connectivity index (χ0v) is 11.6. The number of nitrogens with one attached hydrogen (secondary N) is 1. The number of rotatable bonds is 3. The molecule has 0 unspecified atom stereocenters. The van der Waals surface area contributed by atoms with Crippen molar-refractivity contribution in [3.63, 3.8) is 0 Å². The monoisotopic (exact) mass is 317 g/mol. The van der Waals surface area contributed by atoms with E-state index in [-0.39, 0.29) is 0 Å². The van der Waals surface area contributed by atoms with Crippen molar-refractivity contribution in [1.29, 1.82) is 0 Å². The fourth-order valence-electron chi connectivity index (χ4n) is 1.61. The second-order valence-corrected chi connectivity index (χ2v) is 4.73. The van der Waals surface area contributed by atoms with Crippen LogP contribution in [0.2, 0.25) is 0 Å².